The van der Waals surface area contributed by atoms with E-state index in [-0.39, 0.29) is 23.1 Å². The largest absolute Gasteiger partial charge is 0.493 e. The van der Waals surface area contributed by atoms with Crippen LogP contribution in [0.1, 0.15) is 16.1 Å². The number of fused-ring (bicyclic) bond motifs is 1. The minimum atomic E-state index is -0.809. The normalized spacial score (nSPS) is 11.0. The summed E-state index contributed by atoms with van der Waals surface area (Å²) >= 11 is 0. The molecule has 4 rings (SSSR count). The number of carbonyl (C=O) groups is 1. The summed E-state index contributed by atoms with van der Waals surface area (Å²) in [6, 6.07) is 8.12. The lowest BCUT2D eigenvalue weighted by Gasteiger charge is -2.05. The Hall–Kier alpha value is -3.95. The Morgan fingerprint density at radius 2 is 2.04 bits per heavy atom. The molecular formula is C18H15N5O5. The maximum Gasteiger partial charge on any atom is 0.349 e. The predicted octanol–water partition coefficient (Wildman–Crippen LogP) is 2.15. The summed E-state index contributed by atoms with van der Waals surface area (Å²) in [5.74, 6) is -0.141. The summed E-state index contributed by atoms with van der Waals surface area (Å²) < 4.78 is 17.4. The van der Waals surface area contributed by atoms with Gasteiger partial charge in [0.2, 0.25) is 0 Å². The maximum atomic E-state index is 12.5. The third-order valence-corrected chi connectivity index (χ3v) is 4.05. The van der Waals surface area contributed by atoms with Gasteiger partial charge in [0.25, 0.3) is 11.8 Å². The zero-order chi connectivity index (χ0) is 19.8. The van der Waals surface area contributed by atoms with Gasteiger partial charge in [-0.05, 0) is 25.1 Å². The molecule has 0 aliphatic heterocycles. The number of nitrogens with one attached hydrogen (secondary N) is 1. The lowest BCUT2D eigenvalue weighted by molar-refractivity contribution is 0.102. The summed E-state index contributed by atoms with van der Waals surface area (Å²) in [6.07, 6.45) is 0. The van der Waals surface area contributed by atoms with E-state index in [0.29, 0.717) is 16.8 Å². The quantitative estimate of drug-likeness (QED) is 0.533. The minimum absolute atomic E-state index is 0.149. The first-order valence-corrected chi connectivity index (χ1v) is 8.23. The van der Waals surface area contributed by atoms with Crippen molar-refractivity contribution in [1.82, 2.24) is 20.0 Å². The Morgan fingerprint density at radius 1 is 1.21 bits per heavy atom. The lowest BCUT2D eigenvalue weighted by atomic mass is 10.1. The molecule has 0 atom stereocenters. The zero-order valence-electron chi connectivity index (χ0n) is 15.2. The second-order valence-electron chi connectivity index (χ2n) is 5.99. The number of methoxy groups -OCH3 is 1. The number of ether oxygens (including phenoxy) is 1. The van der Waals surface area contributed by atoms with Gasteiger partial charge < -0.3 is 13.6 Å². The Bertz CT molecular complexity index is 1250. The van der Waals surface area contributed by atoms with Crippen molar-refractivity contribution in [2.45, 2.75) is 6.92 Å². The topological polar surface area (TPSA) is 125 Å². The van der Waals surface area contributed by atoms with Gasteiger partial charge >= 0.3 is 11.6 Å². The molecular weight excluding hydrogens is 366 g/mol. The van der Waals surface area contributed by atoms with Crippen molar-refractivity contribution >= 4 is 22.9 Å². The molecule has 28 heavy (non-hydrogen) atoms. The van der Waals surface area contributed by atoms with Crippen LogP contribution >= 0.6 is 0 Å². The molecule has 0 radical (unpaired) electrons. The van der Waals surface area contributed by atoms with Crippen LogP contribution in [0.3, 0.4) is 0 Å². The molecule has 1 N–H and O–H groups in total. The number of para-hydroxylation sites is 1. The number of hydrogen-bond donors (Lipinski definition) is 1. The van der Waals surface area contributed by atoms with E-state index in [2.05, 4.69) is 20.6 Å². The van der Waals surface area contributed by atoms with Crippen LogP contribution in [0.15, 0.2) is 44.0 Å². The first-order chi connectivity index (χ1) is 13.5. The van der Waals surface area contributed by atoms with Crippen LogP contribution in [-0.4, -0.2) is 33.0 Å². The van der Waals surface area contributed by atoms with Crippen LogP contribution in [0.2, 0.25) is 0 Å². The number of carbonyl (C=O) groups excluding carboxylic acids is 1. The van der Waals surface area contributed by atoms with Crippen LogP contribution in [0.4, 0.5) is 6.01 Å². The smallest absolute Gasteiger partial charge is 0.349 e. The van der Waals surface area contributed by atoms with Gasteiger partial charge in [-0.2, -0.15) is 5.10 Å². The van der Waals surface area contributed by atoms with Crippen molar-refractivity contribution in [2.24, 2.45) is 7.05 Å². The highest BCUT2D eigenvalue weighted by Crippen LogP contribution is 2.25. The van der Waals surface area contributed by atoms with Gasteiger partial charge in [0, 0.05) is 12.4 Å². The van der Waals surface area contributed by atoms with Crippen LogP contribution in [0, 0.1) is 6.92 Å². The Labute approximate surface area is 157 Å². The molecule has 1 aromatic carbocycles. The molecule has 4 aromatic rings. The average Bonchev–Trinajstić information content (AvgIpc) is 3.26. The highest BCUT2D eigenvalue weighted by Gasteiger charge is 2.19. The molecule has 142 valence electrons. The molecule has 0 bridgehead atoms. The Kier molecular flexibility index (Phi) is 4.15. The number of aryl methyl sites for hydroxylation is 2. The van der Waals surface area contributed by atoms with E-state index in [1.165, 1.54) is 13.2 Å². The number of anilines is 1. The molecule has 0 unspecified atom stereocenters. The molecule has 0 spiro atoms. The average molecular weight is 381 g/mol. The number of aromatic nitrogens is 4. The summed E-state index contributed by atoms with van der Waals surface area (Å²) in [5, 5.41) is 14.8. The van der Waals surface area contributed by atoms with Gasteiger partial charge in [-0.1, -0.05) is 17.2 Å². The van der Waals surface area contributed by atoms with E-state index in [4.69, 9.17) is 13.6 Å². The van der Waals surface area contributed by atoms with Gasteiger partial charge in [-0.25, -0.2) is 4.79 Å². The molecule has 0 aliphatic rings. The van der Waals surface area contributed by atoms with Crippen molar-refractivity contribution in [3.05, 3.63) is 52.0 Å². The Balaban J connectivity index is 1.63. The molecule has 0 saturated heterocycles. The van der Waals surface area contributed by atoms with Gasteiger partial charge in [0.05, 0.1) is 12.8 Å². The van der Waals surface area contributed by atoms with Crippen LogP contribution in [-0.2, 0) is 7.05 Å². The second kappa shape index (κ2) is 6.65. The summed E-state index contributed by atoms with van der Waals surface area (Å²) in [4.78, 5) is 24.7. The number of benzene rings is 1. The third-order valence-electron chi connectivity index (χ3n) is 4.05. The Morgan fingerprint density at radius 3 is 2.75 bits per heavy atom. The fourth-order valence-electron chi connectivity index (χ4n) is 2.79. The van der Waals surface area contributed by atoms with Gasteiger partial charge in [0.15, 0.2) is 11.3 Å². The van der Waals surface area contributed by atoms with Crippen LogP contribution in [0.5, 0.6) is 5.75 Å². The molecule has 3 heterocycles. The molecule has 10 nitrogen and oxygen atoms in total. The first kappa shape index (κ1) is 17.5. The van der Waals surface area contributed by atoms with Crippen molar-refractivity contribution < 1.29 is 18.4 Å². The molecule has 0 saturated carbocycles. The molecule has 0 aliphatic carbocycles. The number of nitrogens with zero attached hydrogens (tertiary/aromatic N) is 4. The summed E-state index contributed by atoms with van der Waals surface area (Å²) in [7, 11) is 3.20. The van der Waals surface area contributed by atoms with E-state index >= 15 is 0 Å². The highest BCUT2D eigenvalue weighted by atomic mass is 16.5. The number of amides is 1. The van der Waals surface area contributed by atoms with Crippen molar-refractivity contribution in [2.75, 3.05) is 12.4 Å². The standard InChI is InChI=1S/C18H15N5O5/c1-9-7-12(23(2)22-9)16-20-21-18(28-16)19-15(24)11-8-10-5-4-6-13(26-3)14(10)27-17(11)25/h4-8H,1-3H3,(H,19,21,24). The number of hydrogen-bond acceptors (Lipinski definition) is 8. The second-order valence-corrected chi connectivity index (χ2v) is 5.99. The zero-order valence-corrected chi connectivity index (χ0v) is 15.2. The van der Waals surface area contributed by atoms with Crippen molar-refractivity contribution in [3.63, 3.8) is 0 Å². The van der Waals surface area contributed by atoms with E-state index in [9.17, 15) is 9.59 Å². The van der Waals surface area contributed by atoms with Crippen LogP contribution < -0.4 is 15.7 Å². The monoisotopic (exact) mass is 381 g/mol. The van der Waals surface area contributed by atoms with E-state index in [1.807, 2.05) is 6.92 Å². The SMILES string of the molecule is COc1cccc2cc(C(=O)Nc3nnc(-c4cc(C)nn4C)o3)c(=O)oc12. The summed E-state index contributed by atoms with van der Waals surface area (Å²) in [6.45, 7) is 1.83. The maximum absolute atomic E-state index is 12.5. The fourth-order valence-corrected chi connectivity index (χ4v) is 2.79. The molecule has 3 aromatic heterocycles. The predicted molar refractivity (Wildman–Crippen MR) is 98.2 cm³/mol. The van der Waals surface area contributed by atoms with Crippen molar-refractivity contribution in [1.29, 1.82) is 0 Å². The summed E-state index contributed by atoms with van der Waals surface area (Å²) in [5.41, 5.74) is 0.639. The lowest BCUT2D eigenvalue weighted by Crippen LogP contribution is -2.20. The molecule has 10 heteroatoms. The molecule has 1 amide bonds. The van der Waals surface area contributed by atoms with Crippen LogP contribution in [0.25, 0.3) is 22.6 Å². The fraction of sp³-hybridized carbons (Fsp3) is 0.167. The van der Waals surface area contributed by atoms with Gasteiger partial charge in [0.1, 0.15) is 11.3 Å². The van der Waals surface area contributed by atoms with E-state index < -0.39 is 11.5 Å². The number of rotatable bonds is 4. The van der Waals surface area contributed by atoms with Crippen molar-refractivity contribution in [3.8, 4) is 17.3 Å². The van der Waals surface area contributed by atoms with E-state index in [1.54, 1.807) is 36.0 Å². The highest BCUT2D eigenvalue weighted by molar-refractivity contribution is 6.04. The van der Waals surface area contributed by atoms with Gasteiger partial charge in [-0.3, -0.25) is 14.8 Å². The molecule has 0 fully saturated rings. The minimum Gasteiger partial charge on any atom is -0.493 e. The first-order valence-electron chi connectivity index (χ1n) is 8.23. The van der Waals surface area contributed by atoms with E-state index in [0.717, 1.165) is 5.69 Å². The third kappa shape index (κ3) is 3.00. The van der Waals surface area contributed by atoms with Gasteiger partial charge in [-0.15, -0.1) is 5.10 Å².